The Labute approximate surface area is 119 Å². The van der Waals surface area contributed by atoms with Gasteiger partial charge in [-0.15, -0.1) is 0 Å². The van der Waals surface area contributed by atoms with Crippen LogP contribution in [0.25, 0.3) is 11.2 Å². The summed E-state index contributed by atoms with van der Waals surface area (Å²) in [5.74, 6) is 0. The van der Waals surface area contributed by atoms with Crippen LogP contribution in [0.1, 0.15) is 5.56 Å². The van der Waals surface area contributed by atoms with Crippen molar-refractivity contribution in [1.29, 1.82) is 0 Å². The molecule has 0 bridgehead atoms. The number of hydrogen-bond acceptors (Lipinski definition) is 2. The summed E-state index contributed by atoms with van der Waals surface area (Å²) in [5.41, 5.74) is 1.03. The third kappa shape index (κ3) is 1.85. The van der Waals surface area contributed by atoms with E-state index in [1.165, 1.54) is 10.5 Å². The molecule has 0 fully saturated rings. The first-order valence-electron chi connectivity index (χ1n) is 6.08. The molecule has 0 amide bonds. The van der Waals surface area contributed by atoms with E-state index in [9.17, 15) is 9.59 Å². The molecule has 2 heterocycles. The lowest BCUT2D eigenvalue weighted by Crippen LogP contribution is -2.36. The smallest absolute Gasteiger partial charge is 0.269 e. The summed E-state index contributed by atoms with van der Waals surface area (Å²) < 4.78 is 2.52. The topological polar surface area (TPSA) is 43.5 Å². The van der Waals surface area contributed by atoms with Gasteiger partial charge >= 0.3 is 5.69 Å². The van der Waals surface area contributed by atoms with Crippen LogP contribution in [0.2, 0.25) is 5.02 Å². The van der Waals surface area contributed by atoms with E-state index in [4.69, 9.17) is 11.6 Å². The summed E-state index contributed by atoms with van der Waals surface area (Å²) in [6.45, 7) is 1.86. The van der Waals surface area contributed by atoms with Crippen LogP contribution in [-0.2, 0) is 0 Å². The van der Waals surface area contributed by atoms with Gasteiger partial charge in [0.25, 0.3) is 5.56 Å². The van der Waals surface area contributed by atoms with Crippen LogP contribution in [0.3, 0.4) is 0 Å². The molecular weight excluding hydrogens is 276 g/mol. The van der Waals surface area contributed by atoms with Gasteiger partial charge in [0, 0.05) is 12.3 Å². The molecule has 0 N–H and O–H groups in total. The number of aryl methyl sites for hydroxylation is 1. The van der Waals surface area contributed by atoms with Crippen molar-refractivity contribution in [2.45, 2.75) is 6.92 Å². The number of fused-ring (bicyclic) bond motifs is 1. The normalized spacial score (nSPS) is 10.9. The number of pyridine rings is 1. The Morgan fingerprint density at radius 1 is 1.05 bits per heavy atom. The summed E-state index contributed by atoms with van der Waals surface area (Å²) >= 11 is 6.02. The lowest BCUT2D eigenvalue weighted by atomic mass is 10.2. The zero-order valence-corrected chi connectivity index (χ0v) is 11.5. The van der Waals surface area contributed by atoms with E-state index in [1.54, 1.807) is 30.5 Å². The number of hydrogen-bond donors (Lipinski definition) is 0. The maximum atomic E-state index is 12.5. The average Bonchev–Trinajstić information content (AvgIpc) is 2.42. The Balaban J connectivity index is 2.48. The van der Waals surface area contributed by atoms with Crippen LogP contribution < -0.4 is 11.2 Å². The number of benzene rings is 1. The molecule has 0 aliphatic rings. The highest BCUT2D eigenvalue weighted by Gasteiger charge is 2.11. The van der Waals surface area contributed by atoms with Crippen LogP contribution >= 0.6 is 11.6 Å². The molecular formula is C15H11ClN2O2. The molecule has 3 aromatic rings. The Morgan fingerprint density at radius 2 is 1.80 bits per heavy atom. The molecule has 0 unspecified atom stereocenters. The van der Waals surface area contributed by atoms with Crippen LogP contribution in [0, 0.1) is 6.92 Å². The van der Waals surface area contributed by atoms with Gasteiger partial charge in [-0.3, -0.25) is 9.20 Å². The fourth-order valence-corrected chi connectivity index (χ4v) is 2.44. The Hall–Kier alpha value is -2.33. The summed E-state index contributed by atoms with van der Waals surface area (Å²) in [4.78, 5) is 24.8. The number of para-hydroxylation sites is 1. The number of nitrogens with zero attached hydrogens (tertiary/aromatic N) is 2. The number of aromatic nitrogens is 2. The zero-order chi connectivity index (χ0) is 14.3. The standard InChI is InChI=1S/C15H11ClN2O2/c1-10-5-2-3-7-12(10)18-14(19)9-13-11(16)6-4-8-17(13)15(18)20/h2-9H,1H3. The van der Waals surface area contributed by atoms with E-state index < -0.39 is 11.2 Å². The molecule has 0 saturated carbocycles. The van der Waals surface area contributed by atoms with Crippen LogP contribution in [0.15, 0.2) is 58.3 Å². The second-order valence-corrected chi connectivity index (χ2v) is 4.91. The van der Waals surface area contributed by atoms with E-state index in [0.717, 1.165) is 10.1 Å². The molecule has 0 saturated heterocycles. The van der Waals surface area contributed by atoms with Crippen LogP contribution in [0.4, 0.5) is 0 Å². The molecule has 4 nitrogen and oxygen atoms in total. The molecule has 3 rings (SSSR count). The molecule has 0 aliphatic carbocycles. The predicted octanol–water partition coefficient (Wildman–Crippen LogP) is 2.41. The molecule has 2 aromatic heterocycles. The predicted molar refractivity (Wildman–Crippen MR) is 79.0 cm³/mol. The van der Waals surface area contributed by atoms with Gasteiger partial charge in [0.05, 0.1) is 16.2 Å². The van der Waals surface area contributed by atoms with Crippen molar-refractivity contribution in [1.82, 2.24) is 8.97 Å². The molecule has 0 aliphatic heterocycles. The Kier molecular flexibility index (Phi) is 2.95. The first kappa shape index (κ1) is 12.7. The second kappa shape index (κ2) is 4.65. The largest absolute Gasteiger partial charge is 0.340 e. The average molecular weight is 287 g/mol. The van der Waals surface area contributed by atoms with Gasteiger partial charge in [-0.2, -0.15) is 0 Å². The monoisotopic (exact) mass is 286 g/mol. The van der Waals surface area contributed by atoms with Gasteiger partial charge in [0.2, 0.25) is 0 Å². The molecule has 0 atom stereocenters. The van der Waals surface area contributed by atoms with Gasteiger partial charge in [0.1, 0.15) is 0 Å². The minimum atomic E-state index is -0.427. The van der Waals surface area contributed by atoms with E-state index in [0.29, 0.717) is 16.2 Å². The lowest BCUT2D eigenvalue weighted by Gasteiger charge is -2.10. The lowest BCUT2D eigenvalue weighted by molar-refractivity contribution is 0.839. The maximum Gasteiger partial charge on any atom is 0.340 e. The molecule has 20 heavy (non-hydrogen) atoms. The van der Waals surface area contributed by atoms with Crippen molar-refractivity contribution in [2.24, 2.45) is 0 Å². The molecule has 0 spiro atoms. The van der Waals surface area contributed by atoms with Crippen molar-refractivity contribution in [3.63, 3.8) is 0 Å². The molecule has 100 valence electrons. The first-order chi connectivity index (χ1) is 9.59. The van der Waals surface area contributed by atoms with Gasteiger partial charge in [0.15, 0.2) is 0 Å². The van der Waals surface area contributed by atoms with Crippen molar-refractivity contribution in [3.05, 3.63) is 80.1 Å². The van der Waals surface area contributed by atoms with Crippen molar-refractivity contribution >= 4 is 17.1 Å². The zero-order valence-electron chi connectivity index (χ0n) is 10.7. The fraction of sp³-hybridized carbons (Fsp3) is 0.0667. The van der Waals surface area contributed by atoms with Crippen LogP contribution in [-0.4, -0.2) is 8.97 Å². The summed E-state index contributed by atoms with van der Waals surface area (Å²) in [6, 6.07) is 11.9. The number of rotatable bonds is 1. The highest BCUT2D eigenvalue weighted by atomic mass is 35.5. The van der Waals surface area contributed by atoms with Gasteiger partial charge in [-0.1, -0.05) is 29.8 Å². The second-order valence-electron chi connectivity index (χ2n) is 4.50. The Morgan fingerprint density at radius 3 is 2.55 bits per heavy atom. The quantitative estimate of drug-likeness (QED) is 0.689. The van der Waals surface area contributed by atoms with Crippen molar-refractivity contribution in [3.8, 4) is 5.69 Å². The van der Waals surface area contributed by atoms with E-state index >= 15 is 0 Å². The maximum absolute atomic E-state index is 12.5. The van der Waals surface area contributed by atoms with Gasteiger partial charge in [-0.05, 0) is 30.7 Å². The van der Waals surface area contributed by atoms with E-state index in [1.807, 2.05) is 19.1 Å². The molecule has 5 heteroatoms. The third-order valence-corrected chi connectivity index (χ3v) is 3.54. The van der Waals surface area contributed by atoms with E-state index in [-0.39, 0.29) is 0 Å². The summed E-state index contributed by atoms with van der Waals surface area (Å²) in [6.07, 6.45) is 1.60. The van der Waals surface area contributed by atoms with E-state index in [2.05, 4.69) is 0 Å². The van der Waals surface area contributed by atoms with Crippen LogP contribution in [0.5, 0.6) is 0 Å². The number of halogens is 1. The molecule has 1 aromatic carbocycles. The van der Waals surface area contributed by atoms with Crippen molar-refractivity contribution < 1.29 is 0 Å². The summed E-state index contributed by atoms with van der Waals surface area (Å²) in [7, 11) is 0. The minimum absolute atomic E-state index is 0.374. The fourth-order valence-electron chi connectivity index (χ4n) is 2.22. The van der Waals surface area contributed by atoms with Gasteiger partial charge < -0.3 is 0 Å². The SMILES string of the molecule is Cc1ccccc1-n1c(=O)cc2c(Cl)cccn2c1=O. The first-order valence-corrected chi connectivity index (χ1v) is 6.46. The Bertz CT molecular complexity index is 925. The van der Waals surface area contributed by atoms with Gasteiger partial charge in [-0.25, -0.2) is 9.36 Å². The minimum Gasteiger partial charge on any atom is -0.269 e. The third-order valence-electron chi connectivity index (χ3n) is 3.22. The highest BCUT2D eigenvalue weighted by Crippen LogP contribution is 2.14. The highest BCUT2D eigenvalue weighted by molar-refractivity contribution is 6.33. The molecule has 0 radical (unpaired) electrons. The van der Waals surface area contributed by atoms with Crippen molar-refractivity contribution in [2.75, 3.05) is 0 Å². The summed E-state index contributed by atoms with van der Waals surface area (Å²) in [5, 5.41) is 0.374.